The standard InChI is InChI=1S/C21H19N5O/c22-18-20(24-13-11-15-6-2-1-3-7-15)25-14-26-21(18)27-17-10-4-8-16-9-5-12-23-19(16)17/h1-10,12,14H,11,13,22H2,(H,24,25,26). The fourth-order valence-corrected chi connectivity index (χ4v) is 2.83. The average Bonchev–Trinajstić information content (AvgIpc) is 2.72. The number of fused-ring (bicyclic) bond motifs is 1. The van der Waals surface area contributed by atoms with Crippen molar-refractivity contribution in [2.24, 2.45) is 0 Å². The predicted octanol–water partition coefficient (Wildman–Crippen LogP) is 4.05. The van der Waals surface area contributed by atoms with Crippen LogP contribution in [0.4, 0.5) is 11.5 Å². The fraction of sp³-hybridized carbons (Fsp3) is 0.0952. The highest BCUT2D eigenvalue weighted by molar-refractivity contribution is 5.84. The molecule has 27 heavy (non-hydrogen) atoms. The summed E-state index contributed by atoms with van der Waals surface area (Å²) in [6, 6.07) is 19.8. The number of rotatable bonds is 6. The molecule has 0 aliphatic heterocycles. The van der Waals surface area contributed by atoms with Gasteiger partial charge in [-0.25, -0.2) is 4.98 Å². The van der Waals surface area contributed by atoms with Crippen molar-refractivity contribution < 1.29 is 4.74 Å². The van der Waals surface area contributed by atoms with Gasteiger partial charge in [0.05, 0.1) is 0 Å². The van der Waals surface area contributed by atoms with Crippen LogP contribution in [0.15, 0.2) is 73.2 Å². The lowest BCUT2D eigenvalue weighted by Gasteiger charge is -2.12. The van der Waals surface area contributed by atoms with Gasteiger partial charge in [-0.05, 0) is 24.1 Å². The van der Waals surface area contributed by atoms with Crippen LogP contribution in [0.3, 0.4) is 0 Å². The molecule has 0 atom stereocenters. The van der Waals surface area contributed by atoms with E-state index in [1.807, 2.05) is 48.5 Å². The molecule has 0 saturated carbocycles. The number of nitrogens with one attached hydrogen (secondary N) is 1. The van der Waals surface area contributed by atoms with Gasteiger partial charge in [0.25, 0.3) is 0 Å². The van der Waals surface area contributed by atoms with Gasteiger partial charge in [-0.15, -0.1) is 0 Å². The van der Waals surface area contributed by atoms with E-state index in [2.05, 4.69) is 32.4 Å². The third-order valence-electron chi connectivity index (χ3n) is 4.20. The van der Waals surface area contributed by atoms with Crippen molar-refractivity contribution >= 4 is 22.4 Å². The molecule has 0 unspecified atom stereocenters. The largest absolute Gasteiger partial charge is 0.435 e. The molecule has 0 aliphatic carbocycles. The molecule has 4 rings (SSSR count). The zero-order valence-electron chi connectivity index (χ0n) is 14.7. The van der Waals surface area contributed by atoms with Crippen LogP contribution in [0.2, 0.25) is 0 Å². The predicted molar refractivity (Wildman–Crippen MR) is 107 cm³/mol. The van der Waals surface area contributed by atoms with E-state index in [-0.39, 0.29) is 0 Å². The first-order valence-corrected chi connectivity index (χ1v) is 8.71. The van der Waals surface area contributed by atoms with E-state index in [1.54, 1.807) is 6.20 Å². The summed E-state index contributed by atoms with van der Waals surface area (Å²) in [6.07, 6.45) is 4.04. The SMILES string of the molecule is Nc1c(NCCc2ccccc2)ncnc1Oc1cccc2cccnc12. The quantitative estimate of drug-likeness (QED) is 0.541. The second-order valence-electron chi connectivity index (χ2n) is 6.04. The summed E-state index contributed by atoms with van der Waals surface area (Å²) in [5.74, 6) is 1.48. The Morgan fingerprint density at radius 1 is 0.889 bits per heavy atom. The summed E-state index contributed by atoms with van der Waals surface area (Å²) in [4.78, 5) is 12.8. The summed E-state index contributed by atoms with van der Waals surface area (Å²) < 4.78 is 5.95. The van der Waals surface area contributed by atoms with Gasteiger partial charge in [0.2, 0.25) is 5.88 Å². The van der Waals surface area contributed by atoms with Crippen molar-refractivity contribution in [1.82, 2.24) is 15.0 Å². The molecule has 2 aromatic carbocycles. The number of anilines is 2. The molecule has 0 radical (unpaired) electrons. The zero-order valence-corrected chi connectivity index (χ0v) is 14.7. The monoisotopic (exact) mass is 357 g/mol. The molecule has 0 aliphatic rings. The Hall–Kier alpha value is -3.67. The van der Waals surface area contributed by atoms with Gasteiger partial charge in [0.15, 0.2) is 11.6 Å². The Kier molecular flexibility index (Phi) is 4.78. The number of hydrogen-bond donors (Lipinski definition) is 2. The number of benzene rings is 2. The fourth-order valence-electron chi connectivity index (χ4n) is 2.83. The number of ether oxygens (including phenoxy) is 1. The van der Waals surface area contributed by atoms with Crippen LogP contribution < -0.4 is 15.8 Å². The van der Waals surface area contributed by atoms with Gasteiger partial charge >= 0.3 is 0 Å². The molecule has 0 saturated heterocycles. The van der Waals surface area contributed by atoms with Crippen LogP contribution in [0.25, 0.3) is 10.9 Å². The molecule has 2 aromatic heterocycles. The molecule has 134 valence electrons. The van der Waals surface area contributed by atoms with Gasteiger partial charge < -0.3 is 15.8 Å². The molecule has 0 spiro atoms. The molecule has 3 N–H and O–H groups in total. The number of aromatic nitrogens is 3. The van der Waals surface area contributed by atoms with E-state index in [4.69, 9.17) is 10.5 Å². The van der Waals surface area contributed by atoms with E-state index >= 15 is 0 Å². The van der Waals surface area contributed by atoms with Crippen molar-refractivity contribution in [2.45, 2.75) is 6.42 Å². The Labute approximate surface area is 157 Å². The number of nitrogen functional groups attached to an aromatic ring is 1. The first kappa shape index (κ1) is 16.8. The molecule has 2 heterocycles. The Balaban J connectivity index is 1.51. The summed E-state index contributed by atoms with van der Waals surface area (Å²) in [7, 11) is 0. The molecule has 6 heteroatoms. The number of hydrogen-bond acceptors (Lipinski definition) is 6. The number of nitrogens with two attached hydrogens (primary N) is 1. The van der Waals surface area contributed by atoms with E-state index in [9.17, 15) is 0 Å². The minimum Gasteiger partial charge on any atom is -0.435 e. The molecule has 0 fully saturated rings. The first-order chi connectivity index (χ1) is 13.3. The molecule has 0 amide bonds. The minimum atomic E-state index is 0.311. The summed E-state index contributed by atoms with van der Waals surface area (Å²) >= 11 is 0. The third kappa shape index (κ3) is 3.79. The summed E-state index contributed by atoms with van der Waals surface area (Å²) in [5.41, 5.74) is 8.60. The summed E-state index contributed by atoms with van der Waals surface area (Å²) in [5, 5.41) is 4.24. The van der Waals surface area contributed by atoms with Crippen LogP contribution >= 0.6 is 0 Å². The lowest BCUT2D eigenvalue weighted by Crippen LogP contribution is -2.10. The van der Waals surface area contributed by atoms with Crippen LogP contribution in [-0.2, 0) is 6.42 Å². The van der Waals surface area contributed by atoms with Gasteiger partial charge in [0, 0.05) is 18.1 Å². The van der Waals surface area contributed by atoms with Gasteiger partial charge in [-0.1, -0.05) is 48.5 Å². The van der Waals surface area contributed by atoms with Gasteiger partial charge in [0.1, 0.15) is 17.5 Å². The third-order valence-corrected chi connectivity index (χ3v) is 4.20. The Morgan fingerprint density at radius 2 is 1.74 bits per heavy atom. The molecule has 0 bridgehead atoms. The second-order valence-corrected chi connectivity index (χ2v) is 6.04. The van der Waals surface area contributed by atoms with Crippen molar-refractivity contribution in [3.8, 4) is 11.6 Å². The molecule has 4 aromatic rings. The Bertz CT molecular complexity index is 1050. The molecule has 6 nitrogen and oxygen atoms in total. The normalized spacial score (nSPS) is 10.7. The van der Waals surface area contributed by atoms with E-state index in [1.165, 1.54) is 11.9 Å². The number of para-hydroxylation sites is 1. The van der Waals surface area contributed by atoms with Crippen molar-refractivity contribution in [3.05, 3.63) is 78.8 Å². The zero-order chi connectivity index (χ0) is 18.5. The first-order valence-electron chi connectivity index (χ1n) is 8.71. The van der Waals surface area contributed by atoms with Crippen LogP contribution in [0.5, 0.6) is 11.6 Å². The van der Waals surface area contributed by atoms with Crippen LogP contribution in [0, 0.1) is 0 Å². The minimum absolute atomic E-state index is 0.311. The number of pyridine rings is 1. The van der Waals surface area contributed by atoms with E-state index in [0.717, 1.165) is 17.3 Å². The maximum absolute atomic E-state index is 6.22. The van der Waals surface area contributed by atoms with Gasteiger partial charge in [-0.3, -0.25) is 4.98 Å². The maximum atomic E-state index is 6.22. The number of nitrogens with zero attached hydrogens (tertiary/aromatic N) is 3. The second kappa shape index (κ2) is 7.70. The topological polar surface area (TPSA) is 86.0 Å². The lowest BCUT2D eigenvalue weighted by molar-refractivity contribution is 0.469. The van der Waals surface area contributed by atoms with Crippen molar-refractivity contribution in [2.75, 3.05) is 17.6 Å². The van der Waals surface area contributed by atoms with Crippen molar-refractivity contribution in [1.29, 1.82) is 0 Å². The van der Waals surface area contributed by atoms with Gasteiger partial charge in [-0.2, -0.15) is 4.98 Å². The van der Waals surface area contributed by atoms with E-state index < -0.39 is 0 Å². The lowest BCUT2D eigenvalue weighted by atomic mass is 10.1. The smallest absolute Gasteiger partial charge is 0.248 e. The van der Waals surface area contributed by atoms with Crippen LogP contribution in [0.1, 0.15) is 5.56 Å². The van der Waals surface area contributed by atoms with Crippen molar-refractivity contribution in [3.63, 3.8) is 0 Å². The average molecular weight is 357 g/mol. The van der Waals surface area contributed by atoms with E-state index in [0.29, 0.717) is 29.7 Å². The Morgan fingerprint density at radius 3 is 2.63 bits per heavy atom. The highest BCUT2D eigenvalue weighted by atomic mass is 16.5. The highest BCUT2D eigenvalue weighted by Crippen LogP contribution is 2.32. The molecular weight excluding hydrogens is 338 g/mol. The maximum Gasteiger partial charge on any atom is 0.248 e. The molecular formula is C21H19N5O. The van der Waals surface area contributed by atoms with Crippen LogP contribution in [-0.4, -0.2) is 21.5 Å². The summed E-state index contributed by atoms with van der Waals surface area (Å²) in [6.45, 7) is 0.709. The highest BCUT2D eigenvalue weighted by Gasteiger charge is 2.12.